The van der Waals surface area contributed by atoms with Crippen molar-refractivity contribution < 1.29 is 60.3 Å². The van der Waals surface area contributed by atoms with Gasteiger partial charge in [0.05, 0.1) is 17.6 Å². The van der Waals surface area contributed by atoms with Crippen LogP contribution in [0.4, 0.5) is 0 Å². The number of allylic oxidation sites excluding steroid dienone is 2. The molecule has 0 amide bonds. The van der Waals surface area contributed by atoms with Crippen LogP contribution in [-0.2, 0) is 0 Å². The van der Waals surface area contributed by atoms with Gasteiger partial charge in [-0.15, -0.1) is 0 Å². The molecule has 4 unspecified atom stereocenters. The molecule has 0 spiro atoms. The molecule has 2 aliphatic rings. The molecule has 9 N–H and O–H groups in total. The zero-order valence-electron chi connectivity index (χ0n) is 28.4. The molecule has 6 rings (SSSR count). The number of carbonyl (C=O) groups is 2. The zero-order chi connectivity index (χ0) is 37.6. The molecule has 1 aliphatic heterocycles. The van der Waals surface area contributed by atoms with E-state index >= 15 is 0 Å². The predicted octanol–water partition coefficient (Wildman–Crippen LogP) is 6.68. The number of phenols is 8. The third-order valence-electron chi connectivity index (χ3n) is 9.86. The highest BCUT2D eigenvalue weighted by Crippen LogP contribution is 2.56. The lowest BCUT2D eigenvalue weighted by Gasteiger charge is -2.38. The lowest BCUT2D eigenvalue weighted by molar-refractivity contribution is 0.0687. The number of hydrogen-bond acceptors (Lipinski definition) is 12. The number of ketones is 2. The molecule has 0 aromatic heterocycles. The van der Waals surface area contributed by atoms with Crippen molar-refractivity contribution in [1.29, 1.82) is 0 Å². The summed E-state index contributed by atoms with van der Waals surface area (Å²) >= 11 is 0. The number of Topliss-reactive ketones (excluding diaryl/α,β-unsaturated/α-hetero) is 2. The largest absolute Gasteiger partial charge is 0.508 e. The Kier molecular flexibility index (Phi) is 9.45. The highest BCUT2D eigenvalue weighted by molar-refractivity contribution is 6.04. The minimum absolute atomic E-state index is 0.176. The maximum Gasteiger partial charge on any atom is 0.174 e. The smallest absolute Gasteiger partial charge is 0.174 e. The fraction of sp³-hybridized carbons (Fsp3) is 0.300. The van der Waals surface area contributed by atoms with Crippen molar-refractivity contribution in [1.82, 2.24) is 0 Å². The van der Waals surface area contributed by atoms with Gasteiger partial charge in [0, 0.05) is 53.1 Å². The van der Waals surface area contributed by atoms with Crippen molar-refractivity contribution in [3.05, 3.63) is 100 Å². The number of phenolic OH excluding ortho intramolecular Hbond substituents is 8. The maximum absolute atomic E-state index is 14.6. The monoisotopic (exact) mass is 712 g/mol. The number of aromatic hydroxyl groups is 8. The lowest BCUT2D eigenvalue weighted by atomic mass is 9.64. The van der Waals surface area contributed by atoms with Gasteiger partial charge in [-0.1, -0.05) is 17.7 Å². The normalized spacial score (nSPS) is 20.1. The summed E-state index contributed by atoms with van der Waals surface area (Å²) in [5.41, 5.74) is -0.367. The number of ether oxygens (including phenoxy) is 1. The van der Waals surface area contributed by atoms with Crippen LogP contribution in [0.3, 0.4) is 0 Å². The van der Waals surface area contributed by atoms with Gasteiger partial charge in [-0.05, 0) is 75.4 Å². The van der Waals surface area contributed by atoms with Gasteiger partial charge in [0.25, 0.3) is 0 Å². The van der Waals surface area contributed by atoms with E-state index in [-0.39, 0.29) is 75.2 Å². The van der Waals surface area contributed by atoms with E-state index in [0.29, 0.717) is 19.3 Å². The van der Waals surface area contributed by atoms with Crippen molar-refractivity contribution in [2.75, 3.05) is 0 Å². The zero-order valence-corrected chi connectivity index (χ0v) is 28.4. The van der Waals surface area contributed by atoms with E-state index < -0.39 is 58.3 Å². The first-order chi connectivity index (χ1) is 24.5. The van der Waals surface area contributed by atoms with Crippen LogP contribution in [0, 0.1) is 5.92 Å². The minimum atomic E-state index is -1.24. The summed E-state index contributed by atoms with van der Waals surface area (Å²) in [7, 11) is 0. The van der Waals surface area contributed by atoms with Gasteiger partial charge in [-0.25, -0.2) is 0 Å². The van der Waals surface area contributed by atoms with Gasteiger partial charge < -0.3 is 50.7 Å². The van der Waals surface area contributed by atoms with Crippen LogP contribution in [0.1, 0.15) is 101 Å². The van der Waals surface area contributed by atoms with Gasteiger partial charge in [0.2, 0.25) is 0 Å². The molecule has 1 aliphatic carbocycles. The van der Waals surface area contributed by atoms with E-state index in [1.807, 2.05) is 0 Å². The third kappa shape index (κ3) is 7.02. The first kappa shape index (κ1) is 35.9. The lowest BCUT2D eigenvalue weighted by Crippen LogP contribution is -2.32. The molecule has 12 heteroatoms. The van der Waals surface area contributed by atoms with Gasteiger partial charge in [0.15, 0.2) is 11.6 Å². The fourth-order valence-corrected chi connectivity index (χ4v) is 7.47. The predicted molar refractivity (Wildman–Crippen MR) is 188 cm³/mol. The summed E-state index contributed by atoms with van der Waals surface area (Å²) in [5.74, 6) is -7.75. The molecule has 0 fully saturated rings. The first-order valence-corrected chi connectivity index (χ1v) is 16.8. The third-order valence-corrected chi connectivity index (χ3v) is 9.86. The second-order valence-electron chi connectivity index (χ2n) is 14.2. The van der Waals surface area contributed by atoms with Crippen LogP contribution in [0.2, 0.25) is 0 Å². The van der Waals surface area contributed by atoms with E-state index in [1.54, 1.807) is 19.9 Å². The van der Waals surface area contributed by atoms with Gasteiger partial charge in [-0.3, -0.25) is 9.59 Å². The Morgan fingerprint density at radius 2 is 1.37 bits per heavy atom. The van der Waals surface area contributed by atoms with Crippen LogP contribution >= 0.6 is 0 Å². The van der Waals surface area contributed by atoms with E-state index in [4.69, 9.17) is 4.74 Å². The summed E-state index contributed by atoms with van der Waals surface area (Å²) in [6, 6.07) is 12.4. The Morgan fingerprint density at radius 1 is 0.769 bits per heavy atom. The first-order valence-electron chi connectivity index (χ1n) is 16.8. The Morgan fingerprint density at radius 3 is 1.96 bits per heavy atom. The van der Waals surface area contributed by atoms with Crippen molar-refractivity contribution >= 4 is 11.6 Å². The molecule has 272 valence electrons. The quantitative estimate of drug-likeness (QED) is 0.0655. The number of carbonyl (C=O) groups excluding carboxylic acids is 2. The molecule has 12 nitrogen and oxygen atoms in total. The molecule has 52 heavy (non-hydrogen) atoms. The SMILES string of the molecule is CC(C)(O)CCCC1=CC(c2c(O)cc3c(c2O)C(=O)CC(c2ccc(O)cc2O)O3)C(C(=O)c2ccc(O)cc2O)C(c2ccc(O)cc2O)C1. The number of benzene rings is 4. The summed E-state index contributed by atoms with van der Waals surface area (Å²) in [6.45, 7) is 3.36. The Labute approximate surface area is 298 Å². The summed E-state index contributed by atoms with van der Waals surface area (Å²) in [4.78, 5) is 28.3. The molecular weight excluding hydrogens is 672 g/mol. The van der Waals surface area contributed by atoms with Crippen LogP contribution < -0.4 is 4.74 Å². The average molecular weight is 713 g/mol. The van der Waals surface area contributed by atoms with Crippen LogP contribution in [-0.4, -0.2) is 63.1 Å². The summed E-state index contributed by atoms with van der Waals surface area (Å²) in [5, 5.41) is 96.0. The van der Waals surface area contributed by atoms with Gasteiger partial charge >= 0.3 is 0 Å². The number of hydrogen-bond donors (Lipinski definition) is 9. The topological polar surface area (TPSA) is 225 Å². The molecule has 0 radical (unpaired) electrons. The molecule has 0 bridgehead atoms. The van der Waals surface area contributed by atoms with Crippen LogP contribution in [0.5, 0.6) is 51.7 Å². The Balaban J connectivity index is 1.52. The number of fused-ring (bicyclic) bond motifs is 1. The van der Waals surface area contributed by atoms with Crippen molar-refractivity contribution in [2.24, 2.45) is 5.92 Å². The second-order valence-corrected chi connectivity index (χ2v) is 14.2. The van der Waals surface area contributed by atoms with Gasteiger partial charge in [0.1, 0.15) is 63.4 Å². The highest BCUT2D eigenvalue weighted by Gasteiger charge is 2.45. The second kappa shape index (κ2) is 13.7. The van der Waals surface area contributed by atoms with Gasteiger partial charge in [-0.2, -0.15) is 0 Å². The Hall–Kier alpha value is -5.88. The number of rotatable bonds is 9. The molecule has 4 atom stereocenters. The molecule has 4 aromatic carbocycles. The van der Waals surface area contributed by atoms with E-state index in [1.165, 1.54) is 36.4 Å². The molecule has 0 saturated heterocycles. The molecule has 1 heterocycles. The van der Waals surface area contributed by atoms with Crippen LogP contribution in [0.15, 0.2) is 72.3 Å². The van der Waals surface area contributed by atoms with E-state index in [2.05, 4.69) is 0 Å². The Bertz CT molecular complexity index is 2090. The summed E-state index contributed by atoms with van der Waals surface area (Å²) in [6.07, 6.45) is 1.94. The molecule has 4 aromatic rings. The van der Waals surface area contributed by atoms with E-state index in [0.717, 1.165) is 29.8 Å². The van der Waals surface area contributed by atoms with Crippen molar-refractivity contribution in [3.8, 4) is 51.7 Å². The highest BCUT2D eigenvalue weighted by atomic mass is 16.5. The van der Waals surface area contributed by atoms with Crippen LogP contribution in [0.25, 0.3) is 0 Å². The molecular formula is C40H40O12. The van der Waals surface area contributed by atoms with E-state index in [9.17, 15) is 55.5 Å². The standard InChI is InChI=1S/C40H40O12/c1-40(2,51)11-3-4-19-12-26(23-8-5-20(41)14-28(23)44)35(38(49)25-10-7-22(43)16-30(25)46)27(13-19)36-31(47)18-34-37(39(36)50)32(48)17-33(52-34)24-9-6-21(42)15-29(24)45/h5-10,13-16,18,26-27,33,35,41-47,50-51H,3-4,11-12,17H2,1-2H3. The van der Waals surface area contributed by atoms with Crippen molar-refractivity contribution in [3.63, 3.8) is 0 Å². The minimum Gasteiger partial charge on any atom is -0.508 e. The van der Waals surface area contributed by atoms with Crippen molar-refractivity contribution in [2.45, 2.75) is 69.5 Å². The maximum atomic E-state index is 14.6. The molecule has 0 saturated carbocycles. The average Bonchev–Trinajstić information content (AvgIpc) is 3.03. The summed E-state index contributed by atoms with van der Waals surface area (Å²) < 4.78 is 6.01. The fourth-order valence-electron chi connectivity index (χ4n) is 7.47. The number of aliphatic hydroxyl groups is 1.